The number of thioether (sulfide) groups is 1. The van der Waals surface area contributed by atoms with Crippen molar-refractivity contribution >= 4 is 23.6 Å². The second-order valence-corrected chi connectivity index (χ2v) is 5.99. The molecule has 0 aromatic heterocycles. The summed E-state index contributed by atoms with van der Waals surface area (Å²) in [5, 5.41) is 0.544. The lowest BCUT2D eigenvalue weighted by Crippen LogP contribution is -2.43. The highest BCUT2D eigenvalue weighted by atomic mass is 32.2. The lowest BCUT2D eigenvalue weighted by atomic mass is 10.2. The Morgan fingerprint density at radius 2 is 1.90 bits per heavy atom. The van der Waals surface area contributed by atoms with E-state index in [0.717, 1.165) is 12.8 Å². The first-order chi connectivity index (χ1) is 9.66. The van der Waals surface area contributed by atoms with Crippen LogP contribution >= 0.6 is 11.8 Å². The van der Waals surface area contributed by atoms with Crippen molar-refractivity contribution in [2.75, 3.05) is 5.75 Å². The van der Waals surface area contributed by atoms with Crippen LogP contribution in [0.1, 0.15) is 36.0 Å². The summed E-state index contributed by atoms with van der Waals surface area (Å²) in [6.07, 6.45) is 4.76. The van der Waals surface area contributed by atoms with Crippen molar-refractivity contribution in [1.82, 2.24) is 10.9 Å². The lowest BCUT2D eigenvalue weighted by Gasteiger charge is -2.10. The lowest BCUT2D eigenvalue weighted by molar-refractivity contribution is -0.119. The fourth-order valence-electron chi connectivity index (χ4n) is 2.12. The molecule has 0 radical (unpaired) electrons. The fraction of sp³-hybridized carbons (Fsp3) is 0.429. The molecule has 4 nitrogen and oxygen atoms in total. The van der Waals surface area contributed by atoms with Crippen molar-refractivity contribution in [3.8, 4) is 0 Å². The quantitative estimate of drug-likeness (QED) is 0.838. The smallest absolute Gasteiger partial charge is 0.272 e. The fourth-order valence-corrected chi connectivity index (χ4v) is 3.25. The molecule has 108 valence electrons. The van der Waals surface area contributed by atoms with Gasteiger partial charge in [0.25, 0.3) is 5.91 Å². The number of halogens is 1. The van der Waals surface area contributed by atoms with Gasteiger partial charge >= 0.3 is 0 Å². The second kappa shape index (κ2) is 7.28. The van der Waals surface area contributed by atoms with Crippen LogP contribution in [0.3, 0.4) is 0 Å². The van der Waals surface area contributed by atoms with Crippen molar-refractivity contribution in [3.05, 3.63) is 35.6 Å². The molecule has 0 saturated heterocycles. The van der Waals surface area contributed by atoms with Crippen molar-refractivity contribution in [1.29, 1.82) is 0 Å². The zero-order valence-electron chi connectivity index (χ0n) is 11.0. The van der Waals surface area contributed by atoms with E-state index in [0.29, 0.717) is 11.0 Å². The van der Waals surface area contributed by atoms with Gasteiger partial charge in [-0.25, -0.2) is 4.39 Å². The normalized spacial score (nSPS) is 15.1. The number of benzene rings is 1. The van der Waals surface area contributed by atoms with Gasteiger partial charge in [-0.05, 0) is 25.0 Å². The minimum absolute atomic E-state index is 0.0868. The van der Waals surface area contributed by atoms with Crippen molar-refractivity contribution in [2.24, 2.45) is 0 Å². The molecule has 0 aliphatic heterocycles. The predicted octanol–water partition coefficient (Wildman–Crippen LogP) is 2.26. The van der Waals surface area contributed by atoms with Crippen LogP contribution in [-0.2, 0) is 4.79 Å². The van der Waals surface area contributed by atoms with Crippen molar-refractivity contribution in [3.63, 3.8) is 0 Å². The monoisotopic (exact) mass is 296 g/mol. The highest BCUT2D eigenvalue weighted by Crippen LogP contribution is 2.28. The summed E-state index contributed by atoms with van der Waals surface area (Å²) in [5.41, 5.74) is 4.44. The first kappa shape index (κ1) is 14.8. The Morgan fingerprint density at radius 3 is 2.60 bits per heavy atom. The van der Waals surface area contributed by atoms with Gasteiger partial charge in [-0.3, -0.25) is 20.4 Å². The minimum Gasteiger partial charge on any atom is -0.272 e. The van der Waals surface area contributed by atoms with Crippen molar-refractivity contribution in [2.45, 2.75) is 30.9 Å². The third kappa shape index (κ3) is 4.23. The van der Waals surface area contributed by atoms with E-state index in [2.05, 4.69) is 10.9 Å². The minimum atomic E-state index is -0.651. The third-order valence-corrected chi connectivity index (χ3v) is 4.56. The average Bonchev–Trinajstić information content (AvgIpc) is 2.96. The molecule has 1 aromatic carbocycles. The Hall–Kier alpha value is -1.56. The number of hydrogen-bond acceptors (Lipinski definition) is 3. The maximum Gasteiger partial charge on any atom is 0.272 e. The highest BCUT2D eigenvalue weighted by Gasteiger charge is 2.17. The van der Waals surface area contributed by atoms with E-state index in [-0.39, 0.29) is 11.5 Å². The highest BCUT2D eigenvalue weighted by molar-refractivity contribution is 8.00. The molecule has 2 N–H and O–H groups in total. The molecule has 2 amide bonds. The first-order valence-electron chi connectivity index (χ1n) is 6.62. The number of nitrogens with one attached hydrogen (secondary N) is 2. The second-order valence-electron chi connectivity index (χ2n) is 4.70. The van der Waals surface area contributed by atoms with E-state index in [4.69, 9.17) is 0 Å². The van der Waals surface area contributed by atoms with E-state index in [1.807, 2.05) is 0 Å². The predicted molar refractivity (Wildman–Crippen MR) is 76.7 cm³/mol. The molecule has 1 fully saturated rings. The van der Waals surface area contributed by atoms with Crippen LogP contribution in [0.25, 0.3) is 0 Å². The Balaban J connectivity index is 1.72. The summed E-state index contributed by atoms with van der Waals surface area (Å²) in [6, 6.07) is 5.63. The largest absolute Gasteiger partial charge is 0.272 e. The summed E-state index contributed by atoms with van der Waals surface area (Å²) in [6.45, 7) is 0. The molecule has 1 aromatic rings. The van der Waals surface area contributed by atoms with Crippen LogP contribution in [0, 0.1) is 5.82 Å². The maximum absolute atomic E-state index is 13.3. The van der Waals surface area contributed by atoms with Crippen molar-refractivity contribution < 1.29 is 14.0 Å². The molecule has 1 aliphatic rings. The standard InChI is InChI=1S/C14H17FN2O2S/c15-12-8-4-3-7-11(12)14(19)17-16-13(18)9-20-10-5-1-2-6-10/h3-4,7-8,10H,1-2,5-6,9H2,(H,16,18)(H,17,19). The van der Waals surface area contributed by atoms with E-state index in [9.17, 15) is 14.0 Å². The van der Waals surface area contributed by atoms with Gasteiger partial charge in [-0.15, -0.1) is 11.8 Å². The summed E-state index contributed by atoms with van der Waals surface area (Å²) in [4.78, 5) is 23.2. The van der Waals surface area contributed by atoms with E-state index in [1.54, 1.807) is 17.8 Å². The Bertz CT molecular complexity index is 490. The van der Waals surface area contributed by atoms with E-state index >= 15 is 0 Å². The van der Waals surface area contributed by atoms with Crippen LogP contribution in [0.15, 0.2) is 24.3 Å². The molecule has 0 unspecified atom stereocenters. The molecule has 0 atom stereocenters. The van der Waals surface area contributed by atoms with Crippen LogP contribution in [0.5, 0.6) is 0 Å². The molecule has 0 bridgehead atoms. The summed E-state index contributed by atoms with van der Waals surface area (Å²) >= 11 is 1.61. The summed E-state index contributed by atoms with van der Waals surface area (Å²) in [7, 11) is 0. The van der Waals surface area contributed by atoms with Gasteiger partial charge in [0.1, 0.15) is 5.82 Å². The van der Waals surface area contributed by atoms with Gasteiger partial charge < -0.3 is 0 Å². The molecule has 1 saturated carbocycles. The van der Waals surface area contributed by atoms with Crippen LogP contribution in [0.2, 0.25) is 0 Å². The van der Waals surface area contributed by atoms with Gasteiger partial charge in [0.15, 0.2) is 0 Å². The first-order valence-corrected chi connectivity index (χ1v) is 7.67. The summed E-state index contributed by atoms with van der Waals surface area (Å²) in [5.74, 6) is -1.23. The molecule has 0 spiro atoms. The van der Waals surface area contributed by atoms with Crippen LogP contribution in [-0.4, -0.2) is 22.8 Å². The number of carbonyl (C=O) groups excluding carboxylic acids is 2. The topological polar surface area (TPSA) is 58.2 Å². The van der Waals surface area contributed by atoms with Gasteiger partial charge in [0.05, 0.1) is 11.3 Å². The molecule has 2 rings (SSSR count). The molecule has 0 heterocycles. The number of amides is 2. The third-order valence-electron chi connectivity index (χ3n) is 3.19. The Kier molecular flexibility index (Phi) is 5.40. The number of hydrazine groups is 1. The van der Waals surface area contributed by atoms with Gasteiger partial charge in [0, 0.05) is 5.25 Å². The van der Waals surface area contributed by atoms with E-state index < -0.39 is 11.7 Å². The molecule has 20 heavy (non-hydrogen) atoms. The number of carbonyl (C=O) groups is 2. The maximum atomic E-state index is 13.3. The van der Waals surface area contributed by atoms with Crippen LogP contribution in [0.4, 0.5) is 4.39 Å². The van der Waals surface area contributed by atoms with Crippen LogP contribution < -0.4 is 10.9 Å². The molecule has 1 aliphatic carbocycles. The number of rotatable bonds is 4. The van der Waals surface area contributed by atoms with E-state index in [1.165, 1.54) is 31.0 Å². The Labute approximate surface area is 121 Å². The number of hydrogen-bond donors (Lipinski definition) is 2. The van der Waals surface area contributed by atoms with Gasteiger partial charge in [-0.1, -0.05) is 25.0 Å². The Morgan fingerprint density at radius 1 is 1.20 bits per heavy atom. The molecular weight excluding hydrogens is 279 g/mol. The average molecular weight is 296 g/mol. The van der Waals surface area contributed by atoms with Gasteiger partial charge in [-0.2, -0.15) is 0 Å². The SMILES string of the molecule is O=C(CSC1CCCC1)NNC(=O)c1ccccc1F. The molecular formula is C14H17FN2O2S. The zero-order chi connectivity index (χ0) is 14.4. The molecule has 6 heteroatoms. The zero-order valence-corrected chi connectivity index (χ0v) is 11.8. The van der Waals surface area contributed by atoms with Gasteiger partial charge in [0.2, 0.25) is 5.91 Å². The summed E-state index contributed by atoms with van der Waals surface area (Å²) < 4.78 is 13.3.